The van der Waals surface area contributed by atoms with Gasteiger partial charge in [0.05, 0.1) is 5.25 Å². The van der Waals surface area contributed by atoms with Crippen LogP contribution in [0.2, 0.25) is 0 Å². The van der Waals surface area contributed by atoms with Gasteiger partial charge in [0.2, 0.25) is 0 Å². The molecule has 0 aliphatic heterocycles. The Bertz CT molecular complexity index is 503. The molecule has 0 fully saturated rings. The molecule has 4 N–H and O–H groups in total. The molecule has 0 saturated carbocycles. The molecule has 1 aromatic carbocycles. The normalized spacial score (nSPS) is 12.2. The van der Waals surface area contributed by atoms with E-state index >= 15 is 0 Å². The number of allylic oxidation sites excluding steroid dienone is 1. The third-order valence-electron chi connectivity index (χ3n) is 2.74. The molecule has 0 aliphatic rings. The lowest BCUT2D eigenvalue weighted by Gasteiger charge is -2.08. The quantitative estimate of drug-likeness (QED) is 0.231. The Morgan fingerprint density at radius 2 is 2.20 bits per heavy atom. The largest absolute Gasteiger partial charge is 0.388 e. The van der Waals surface area contributed by atoms with Gasteiger partial charge in [-0.1, -0.05) is 30.4 Å². The summed E-state index contributed by atoms with van der Waals surface area (Å²) in [4.78, 5) is 11.1. The lowest BCUT2D eigenvalue weighted by Crippen LogP contribution is -2.30. The van der Waals surface area contributed by atoms with Crippen LogP contribution < -0.4 is 10.8 Å². The van der Waals surface area contributed by atoms with Crippen LogP contribution in [-0.2, 0) is 4.79 Å². The van der Waals surface area contributed by atoms with Crippen molar-refractivity contribution in [2.45, 2.75) is 18.1 Å². The van der Waals surface area contributed by atoms with E-state index in [1.54, 1.807) is 0 Å². The monoisotopic (exact) mass is 293 g/mol. The van der Waals surface area contributed by atoms with Crippen LogP contribution in [0.15, 0.2) is 30.3 Å². The summed E-state index contributed by atoms with van der Waals surface area (Å²) < 4.78 is 0. The van der Waals surface area contributed by atoms with E-state index in [0.717, 1.165) is 11.3 Å². The zero-order valence-corrected chi connectivity index (χ0v) is 12.2. The van der Waals surface area contributed by atoms with Crippen LogP contribution in [0.25, 0.3) is 6.08 Å². The molecule has 0 spiro atoms. The number of hydrogen-bond acceptors (Lipinski definition) is 5. The zero-order chi connectivity index (χ0) is 15.0. The van der Waals surface area contributed by atoms with Crippen molar-refractivity contribution in [1.29, 1.82) is 5.41 Å². The summed E-state index contributed by atoms with van der Waals surface area (Å²) in [6, 6.07) is 7.85. The summed E-state index contributed by atoms with van der Waals surface area (Å²) in [6.45, 7) is 0. The number of nitrogens with one attached hydrogen (secondary N) is 3. The maximum atomic E-state index is 11.1. The van der Waals surface area contributed by atoms with Crippen molar-refractivity contribution in [3.63, 3.8) is 0 Å². The first kappa shape index (κ1) is 16.3. The van der Waals surface area contributed by atoms with Gasteiger partial charge >= 0.3 is 0 Å². The fourth-order valence-electron chi connectivity index (χ4n) is 1.68. The number of anilines is 1. The SMILES string of the molecule is CNc1ccccc1/C=C/CC(=N)CC(S)C(=O)NO. The summed E-state index contributed by atoms with van der Waals surface area (Å²) in [7, 11) is 1.85. The standard InChI is InChI=1S/C14H19N3O2S/c1-16-12-8-3-2-5-10(12)6-4-7-11(15)9-13(20)14(18)17-19/h2-6,8,13,15-16,19-20H,7,9H2,1H3,(H,17,18)/b6-4+,15-11?. The first-order valence-corrected chi connectivity index (χ1v) is 6.71. The lowest BCUT2D eigenvalue weighted by atomic mass is 10.1. The summed E-state index contributed by atoms with van der Waals surface area (Å²) in [5, 5.41) is 18.6. The maximum Gasteiger partial charge on any atom is 0.256 e. The van der Waals surface area contributed by atoms with Gasteiger partial charge in [-0.2, -0.15) is 12.6 Å². The van der Waals surface area contributed by atoms with Crippen LogP contribution in [-0.4, -0.2) is 29.1 Å². The number of carbonyl (C=O) groups excluding carboxylic acids is 1. The number of carbonyl (C=O) groups is 1. The highest BCUT2D eigenvalue weighted by Crippen LogP contribution is 2.16. The van der Waals surface area contributed by atoms with Crippen molar-refractivity contribution in [3.8, 4) is 0 Å². The van der Waals surface area contributed by atoms with Gasteiger partial charge in [-0.3, -0.25) is 10.0 Å². The van der Waals surface area contributed by atoms with E-state index in [1.165, 1.54) is 5.48 Å². The zero-order valence-electron chi connectivity index (χ0n) is 11.3. The Kier molecular flexibility index (Phi) is 6.83. The first-order chi connectivity index (χ1) is 9.58. The summed E-state index contributed by atoms with van der Waals surface area (Å²) >= 11 is 4.02. The Morgan fingerprint density at radius 3 is 2.85 bits per heavy atom. The van der Waals surface area contributed by atoms with E-state index in [0.29, 0.717) is 12.1 Å². The van der Waals surface area contributed by atoms with Crippen molar-refractivity contribution < 1.29 is 10.0 Å². The predicted molar refractivity (Wildman–Crippen MR) is 84.7 cm³/mol. The van der Waals surface area contributed by atoms with Crippen LogP contribution >= 0.6 is 12.6 Å². The summed E-state index contributed by atoms with van der Waals surface area (Å²) in [5.41, 5.74) is 3.97. The van der Waals surface area contributed by atoms with Gasteiger partial charge in [0.15, 0.2) is 0 Å². The molecule has 0 heterocycles. The molecular weight excluding hydrogens is 274 g/mol. The molecule has 0 bridgehead atoms. The molecule has 6 heteroatoms. The van der Waals surface area contributed by atoms with Crippen LogP contribution in [0.4, 0.5) is 5.69 Å². The summed E-state index contributed by atoms with van der Waals surface area (Å²) in [5.74, 6) is -0.595. The Morgan fingerprint density at radius 1 is 1.50 bits per heavy atom. The number of hydrogen-bond donors (Lipinski definition) is 5. The van der Waals surface area contributed by atoms with Gasteiger partial charge in [0, 0.05) is 31.3 Å². The van der Waals surface area contributed by atoms with Crippen molar-refractivity contribution in [3.05, 3.63) is 35.9 Å². The van der Waals surface area contributed by atoms with Crippen LogP contribution in [0.5, 0.6) is 0 Å². The van der Waals surface area contributed by atoms with Gasteiger partial charge in [-0.15, -0.1) is 0 Å². The fraction of sp³-hybridized carbons (Fsp3) is 0.286. The highest BCUT2D eigenvalue weighted by Gasteiger charge is 2.14. The molecule has 1 amide bonds. The van der Waals surface area contributed by atoms with Gasteiger partial charge in [-0.25, -0.2) is 5.48 Å². The molecule has 5 nitrogen and oxygen atoms in total. The molecule has 0 radical (unpaired) electrons. The number of thiol groups is 1. The minimum absolute atomic E-state index is 0.202. The van der Waals surface area contributed by atoms with E-state index in [1.807, 2.05) is 43.5 Å². The molecular formula is C14H19N3O2S. The second-order valence-corrected chi connectivity index (χ2v) is 4.87. The van der Waals surface area contributed by atoms with E-state index in [4.69, 9.17) is 10.6 Å². The number of amides is 1. The Balaban J connectivity index is 2.52. The number of hydroxylamine groups is 1. The lowest BCUT2D eigenvalue weighted by molar-refractivity contribution is -0.128. The maximum absolute atomic E-state index is 11.1. The van der Waals surface area contributed by atoms with Crippen molar-refractivity contribution >= 4 is 36.0 Å². The summed E-state index contributed by atoms with van der Waals surface area (Å²) in [6.07, 6.45) is 4.44. The minimum atomic E-state index is -0.703. The fourth-order valence-corrected chi connectivity index (χ4v) is 1.96. The van der Waals surface area contributed by atoms with Gasteiger partial charge in [-0.05, 0) is 11.6 Å². The van der Waals surface area contributed by atoms with Crippen molar-refractivity contribution in [2.24, 2.45) is 0 Å². The third-order valence-corrected chi connectivity index (χ3v) is 3.16. The average Bonchev–Trinajstić information content (AvgIpc) is 2.46. The average molecular weight is 293 g/mol. The number of rotatable bonds is 7. The molecule has 20 heavy (non-hydrogen) atoms. The van der Waals surface area contributed by atoms with Crippen molar-refractivity contribution in [2.75, 3.05) is 12.4 Å². The Labute approximate surface area is 124 Å². The molecule has 1 rings (SSSR count). The van der Waals surface area contributed by atoms with Gasteiger partial charge in [0.1, 0.15) is 0 Å². The number of para-hydroxylation sites is 1. The Hall–Kier alpha value is -1.79. The minimum Gasteiger partial charge on any atom is -0.388 e. The molecule has 1 aromatic rings. The first-order valence-electron chi connectivity index (χ1n) is 6.20. The molecule has 1 atom stereocenters. The second kappa shape index (κ2) is 8.39. The number of benzene rings is 1. The molecule has 1 unspecified atom stereocenters. The predicted octanol–water partition coefficient (Wildman–Crippen LogP) is 2.35. The smallest absolute Gasteiger partial charge is 0.256 e. The van der Waals surface area contributed by atoms with Crippen molar-refractivity contribution in [1.82, 2.24) is 5.48 Å². The topological polar surface area (TPSA) is 85.2 Å². The third kappa shape index (κ3) is 5.07. The second-order valence-electron chi connectivity index (χ2n) is 4.24. The highest BCUT2D eigenvalue weighted by molar-refractivity contribution is 7.81. The van der Waals surface area contributed by atoms with E-state index in [-0.39, 0.29) is 6.42 Å². The highest BCUT2D eigenvalue weighted by atomic mass is 32.1. The molecule has 0 aromatic heterocycles. The van der Waals surface area contributed by atoms with Crippen LogP contribution in [0.3, 0.4) is 0 Å². The van der Waals surface area contributed by atoms with E-state index in [9.17, 15) is 4.79 Å². The molecule has 0 saturated heterocycles. The van der Waals surface area contributed by atoms with Crippen LogP contribution in [0.1, 0.15) is 18.4 Å². The van der Waals surface area contributed by atoms with Gasteiger partial charge in [0.25, 0.3) is 5.91 Å². The van der Waals surface area contributed by atoms with Crippen LogP contribution in [0, 0.1) is 5.41 Å². The van der Waals surface area contributed by atoms with E-state index < -0.39 is 11.2 Å². The molecule has 0 aliphatic carbocycles. The van der Waals surface area contributed by atoms with E-state index in [2.05, 4.69) is 17.9 Å². The van der Waals surface area contributed by atoms with Gasteiger partial charge < -0.3 is 10.7 Å². The molecule has 108 valence electrons.